The summed E-state index contributed by atoms with van der Waals surface area (Å²) in [6.45, 7) is 0. The van der Waals surface area contributed by atoms with Gasteiger partial charge in [0.05, 0.1) is 0 Å². The summed E-state index contributed by atoms with van der Waals surface area (Å²) in [6.07, 6.45) is 7.58. The van der Waals surface area contributed by atoms with Gasteiger partial charge in [-0.05, 0) is 12.1 Å². The van der Waals surface area contributed by atoms with Gasteiger partial charge in [-0.1, -0.05) is 0 Å². The van der Waals surface area contributed by atoms with Crippen LogP contribution in [0.4, 0.5) is 0 Å². The van der Waals surface area contributed by atoms with Gasteiger partial charge in [-0.2, -0.15) is 0 Å². The average molecular weight is 890 g/mol. The summed E-state index contributed by atoms with van der Waals surface area (Å²) in [4.78, 5) is 9.00. The van der Waals surface area contributed by atoms with E-state index in [2.05, 4.69) is 204 Å². The van der Waals surface area contributed by atoms with Gasteiger partial charge in [-0.25, -0.2) is 0 Å². The van der Waals surface area contributed by atoms with Crippen LogP contribution < -0.4 is 0 Å². The molecular weight excluding hydrogens is 852 g/mol. The van der Waals surface area contributed by atoms with E-state index < -0.39 is 0 Å². The van der Waals surface area contributed by atoms with Crippen LogP contribution in [0.3, 0.4) is 0 Å². The van der Waals surface area contributed by atoms with Crippen molar-refractivity contribution in [2.75, 3.05) is 0 Å². The third-order valence-corrected chi connectivity index (χ3v) is 15.5. The number of pyridine rings is 2. The van der Waals surface area contributed by atoms with Crippen molar-refractivity contribution in [3.63, 3.8) is 0 Å². The van der Waals surface area contributed by atoms with Gasteiger partial charge in [-0.3, -0.25) is 9.97 Å². The van der Waals surface area contributed by atoms with Crippen molar-refractivity contribution in [1.29, 1.82) is 0 Å². The van der Waals surface area contributed by atoms with Crippen LogP contribution in [-0.2, 0) is 0 Å². The SMILES string of the molecule is c1ccc(-c2c3ccccc3c(-c3ccc4c(c3)[se]c3cccc(-c5c6ccccc6c(-c6cc(-c7cccnc7)cc(-c7cccnc7)c6)c6ccccc56)c34)c3ccccc23)cc1. The van der Waals surface area contributed by atoms with E-state index >= 15 is 0 Å². The van der Waals surface area contributed by atoms with Gasteiger partial charge in [0.1, 0.15) is 0 Å². The van der Waals surface area contributed by atoms with Gasteiger partial charge in [0.25, 0.3) is 0 Å². The zero-order valence-electron chi connectivity index (χ0n) is 35.2. The first-order valence-electron chi connectivity index (χ1n) is 22.1. The quantitative estimate of drug-likeness (QED) is 0.123. The van der Waals surface area contributed by atoms with Crippen LogP contribution in [0.1, 0.15) is 0 Å². The maximum absolute atomic E-state index is 4.50. The number of benzene rings is 10. The van der Waals surface area contributed by atoms with Crippen molar-refractivity contribution in [2.45, 2.75) is 0 Å². The molecular formula is C62H38N2Se. The molecule has 0 aliphatic heterocycles. The van der Waals surface area contributed by atoms with Crippen LogP contribution in [-0.4, -0.2) is 24.5 Å². The summed E-state index contributed by atoms with van der Waals surface area (Å²) in [5.74, 6) is 0. The molecule has 0 bridgehead atoms. The number of nitrogens with zero attached hydrogens (tertiary/aromatic N) is 2. The van der Waals surface area contributed by atoms with Crippen LogP contribution in [0.25, 0.3) is 129 Å². The van der Waals surface area contributed by atoms with Crippen LogP contribution in [0.5, 0.6) is 0 Å². The fourth-order valence-corrected chi connectivity index (χ4v) is 12.9. The van der Waals surface area contributed by atoms with E-state index in [0.717, 1.165) is 22.3 Å². The summed E-state index contributed by atoms with van der Waals surface area (Å²) in [6, 6.07) is 76.4. The maximum atomic E-state index is 4.50. The van der Waals surface area contributed by atoms with Crippen LogP contribution >= 0.6 is 0 Å². The summed E-state index contributed by atoms with van der Waals surface area (Å²) in [5.41, 5.74) is 14.5. The molecule has 0 N–H and O–H groups in total. The third kappa shape index (κ3) is 6.16. The molecule has 3 aromatic heterocycles. The molecule has 13 rings (SSSR count). The Morgan fingerprint density at radius 1 is 0.262 bits per heavy atom. The normalized spacial score (nSPS) is 11.7. The van der Waals surface area contributed by atoms with Crippen molar-refractivity contribution >= 4 is 76.9 Å². The van der Waals surface area contributed by atoms with Gasteiger partial charge in [0.2, 0.25) is 0 Å². The van der Waals surface area contributed by atoms with Crippen molar-refractivity contribution in [1.82, 2.24) is 9.97 Å². The van der Waals surface area contributed by atoms with Gasteiger partial charge in [0.15, 0.2) is 0 Å². The van der Waals surface area contributed by atoms with Gasteiger partial charge >= 0.3 is 350 Å². The van der Waals surface area contributed by atoms with Gasteiger partial charge < -0.3 is 0 Å². The molecule has 10 aromatic carbocycles. The molecule has 0 unspecified atom stereocenters. The minimum absolute atomic E-state index is 0.132. The molecule has 3 heterocycles. The predicted molar refractivity (Wildman–Crippen MR) is 277 cm³/mol. The van der Waals surface area contributed by atoms with E-state index in [9.17, 15) is 0 Å². The molecule has 0 atom stereocenters. The molecule has 0 fully saturated rings. The Labute approximate surface area is 382 Å². The first kappa shape index (κ1) is 37.6. The van der Waals surface area contributed by atoms with Crippen molar-refractivity contribution in [2.24, 2.45) is 0 Å². The Kier molecular flexibility index (Phi) is 8.91. The molecule has 0 aliphatic carbocycles. The third-order valence-electron chi connectivity index (χ3n) is 13.2. The summed E-state index contributed by atoms with van der Waals surface area (Å²) in [5, 5.41) is 12.8. The number of fused-ring (bicyclic) bond motifs is 7. The molecule has 0 spiro atoms. The Morgan fingerprint density at radius 2 is 0.708 bits per heavy atom. The molecule has 302 valence electrons. The Morgan fingerprint density at radius 3 is 1.22 bits per heavy atom. The summed E-state index contributed by atoms with van der Waals surface area (Å²) < 4.78 is 2.86. The molecule has 13 aromatic rings. The second-order valence-electron chi connectivity index (χ2n) is 16.8. The van der Waals surface area contributed by atoms with Crippen LogP contribution in [0.2, 0.25) is 0 Å². The van der Waals surface area contributed by atoms with Gasteiger partial charge in [0, 0.05) is 12.4 Å². The Bertz CT molecular complexity index is 3810. The monoisotopic (exact) mass is 890 g/mol. The Hall–Kier alpha value is -7.94. The summed E-state index contributed by atoms with van der Waals surface area (Å²) >= 11 is 0.132. The first-order valence-corrected chi connectivity index (χ1v) is 23.8. The first-order chi connectivity index (χ1) is 32.3. The zero-order chi connectivity index (χ0) is 42.8. The van der Waals surface area contributed by atoms with Crippen LogP contribution in [0, 0.1) is 0 Å². The molecule has 3 heteroatoms. The van der Waals surface area contributed by atoms with Crippen molar-refractivity contribution in [3.05, 3.63) is 231 Å². The molecule has 0 amide bonds. The van der Waals surface area contributed by atoms with E-state index in [-0.39, 0.29) is 14.5 Å². The van der Waals surface area contributed by atoms with E-state index in [4.69, 9.17) is 0 Å². The molecule has 0 saturated heterocycles. The number of hydrogen-bond acceptors (Lipinski definition) is 2. The summed E-state index contributed by atoms with van der Waals surface area (Å²) in [7, 11) is 0. The second kappa shape index (κ2) is 15.4. The average Bonchev–Trinajstić information content (AvgIpc) is 3.76. The second-order valence-corrected chi connectivity index (χ2v) is 19.1. The van der Waals surface area contributed by atoms with Gasteiger partial charge in [-0.15, -0.1) is 0 Å². The molecule has 0 saturated carbocycles. The molecule has 65 heavy (non-hydrogen) atoms. The number of rotatable bonds is 6. The predicted octanol–water partition coefficient (Wildman–Crippen LogP) is 16.5. The fourth-order valence-electron chi connectivity index (χ4n) is 10.4. The molecule has 0 radical (unpaired) electrons. The molecule has 0 aliphatic rings. The van der Waals surface area contributed by atoms with E-state index in [1.807, 2.05) is 36.9 Å². The minimum atomic E-state index is 0.132. The van der Waals surface area contributed by atoms with Crippen LogP contribution in [0.15, 0.2) is 231 Å². The molecule has 2 nitrogen and oxygen atoms in total. The number of aromatic nitrogens is 2. The van der Waals surface area contributed by atoms with Crippen molar-refractivity contribution < 1.29 is 0 Å². The van der Waals surface area contributed by atoms with Crippen molar-refractivity contribution in [3.8, 4) is 66.8 Å². The standard InChI is InChI=1S/C62H38N2Se/c1-2-15-39(16-3-1)58-46-19-4-6-21-48(46)59(49-22-7-5-20-47(49)58)40-29-30-54-57(36-40)65-56-28-12-27-55(62(54)56)61-52-25-10-8-23-50(52)60(51-24-9-11-26-53(51)61)45-34-43(41-17-13-31-63-37-41)33-44(35-45)42-18-14-32-64-38-42/h1-38H. The Balaban J connectivity index is 1.04. The topological polar surface area (TPSA) is 25.8 Å². The fraction of sp³-hybridized carbons (Fsp3) is 0. The van der Waals surface area contributed by atoms with E-state index in [0.29, 0.717) is 0 Å². The van der Waals surface area contributed by atoms with E-state index in [1.165, 1.54) is 107 Å². The number of hydrogen-bond donors (Lipinski definition) is 0. The van der Waals surface area contributed by atoms with E-state index in [1.54, 1.807) is 0 Å². The zero-order valence-corrected chi connectivity index (χ0v) is 37.0.